The lowest BCUT2D eigenvalue weighted by Crippen LogP contribution is -2.31. The lowest BCUT2D eigenvalue weighted by atomic mass is 10.3. The second kappa shape index (κ2) is 6.70. The number of carbonyl (C=O) groups excluding carboxylic acids is 1. The van der Waals surface area contributed by atoms with E-state index in [0.717, 1.165) is 26.5 Å². The molecule has 1 aliphatic heterocycles. The van der Waals surface area contributed by atoms with E-state index < -0.39 is 6.61 Å². The van der Waals surface area contributed by atoms with Gasteiger partial charge in [0.25, 0.3) is 0 Å². The Bertz CT molecular complexity index is 174. The van der Waals surface area contributed by atoms with Gasteiger partial charge in [-0.3, -0.25) is 4.79 Å². The molecule has 5 heteroatoms. The van der Waals surface area contributed by atoms with Crippen molar-refractivity contribution < 1.29 is 18.3 Å². The van der Waals surface area contributed by atoms with E-state index in [2.05, 4.69) is 18.6 Å². The molecule has 1 rings (SSSR count). The van der Waals surface area contributed by atoms with Gasteiger partial charge in [0.1, 0.15) is 0 Å². The van der Waals surface area contributed by atoms with Crippen molar-refractivity contribution in [2.24, 2.45) is 0 Å². The Morgan fingerprint density at radius 3 is 2.07 bits per heavy atom. The number of hydrogen-bond donors (Lipinski definition) is 0. The van der Waals surface area contributed by atoms with E-state index in [1.807, 2.05) is 4.90 Å². The van der Waals surface area contributed by atoms with Crippen LogP contribution in [0.1, 0.15) is 26.7 Å². The Kier molecular flexibility index (Phi) is 6.36. The lowest BCUT2D eigenvalue weighted by Gasteiger charge is -2.19. The summed E-state index contributed by atoms with van der Waals surface area (Å²) in [5, 5.41) is 0. The van der Waals surface area contributed by atoms with Crippen molar-refractivity contribution in [1.29, 1.82) is 0 Å². The fraction of sp³-hybridized carbons (Fsp3) is 0.889. The smallest absolute Gasteiger partial charge is 0.340 e. The second-order valence-electron chi connectivity index (χ2n) is 3.28. The summed E-state index contributed by atoms with van der Waals surface area (Å²) in [4.78, 5) is 12.9. The van der Waals surface area contributed by atoms with Gasteiger partial charge >= 0.3 is 6.61 Å². The van der Waals surface area contributed by atoms with Crippen LogP contribution in [0.25, 0.3) is 0 Å². The molecule has 1 saturated heterocycles. The van der Waals surface area contributed by atoms with Crippen molar-refractivity contribution in [2.75, 3.05) is 13.7 Å². The Balaban J connectivity index is 0.000000292. The quantitative estimate of drug-likeness (QED) is 0.694. The van der Waals surface area contributed by atoms with Crippen LogP contribution in [0.4, 0.5) is 8.78 Å². The van der Waals surface area contributed by atoms with Crippen molar-refractivity contribution >= 4 is 5.91 Å². The average molecular weight is 209 g/mol. The average Bonchev–Trinajstić information content (AvgIpc) is 2.52. The van der Waals surface area contributed by atoms with Crippen LogP contribution in [-0.2, 0) is 9.53 Å². The van der Waals surface area contributed by atoms with Crippen molar-refractivity contribution in [3.63, 3.8) is 0 Å². The minimum absolute atomic E-state index is 0.324. The molecule has 0 aromatic heterocycles. The first-order valence-electron chi connectivity index (χ1n) is 4.59. The monoisotopic (exact) mass is 209 g/mol. The Morgan fingerprint density at radius 2 is 1.93 bits per heavy atom. The minimum Gasteiger partial charge on any atom is -0.340 e. The topological polar surface area (TPSA) is 29.5 Å². The minimum atomic E-state index is -2.62. The number of nitrogens with zero attached hydrogens (tertiary/aromatic N) is 1. The van der Waals surface area contributed by atoms with Gasteiger partial charge in [-0.2, -0.15) is 8.78 Å². The standard InChI is InChI=1S/C7H13NO.C2H4F2O/c1-6(2)8-5-3-4-7(8)9;1-5-2(3)4/h6H,3-5H2,1-2H3;2H,1H3. The number of ether oxygens (including phenoxy) is 1. The van der Waals surface area contributed by atoms with Gasteiger partial charge < -0.3 is 9.64 Å². The number of alkyl halides is 2. The van der Waals surface area contributed by atoms with E-state index in [-0.39, 0.29) is 0 Å². The summed E-state index contributed by atoms with van der Waals surface area (Å²) in [6, 6.07) is 0.403. The molecule has 84 valence electrons. The normalized spacial score (nSPS) is 16.2. The lowest BCUT2D eigenvalue weighted by molar-refractivity contribution is -0.129. The van der Waals surface area contributed by atoms with Gasteiger partial charge in [-0.25, -0.2) is 0 Å². The highest BCUT2D eigenvalue weighted by Crippen LogP contribution is 2.12. The van der Waals surface area contributed by atoms with E-state index in [1.54, 1.807) is 0 Å². The molecule has 0 unspecified atom stereocenters. The molecule has 1 fully saturated rings. The third-order valence-corrected chi connectivity index (χ3v) is 1.91. The summed E-state index contributed by atoms with van der Waals surface area (Å²) in [7, 11) is 0.949. The van der Waals surface area contributed by atoms with Crippen molar-refractivity contribution in [1.82, 2.24) is 4.90 Å². The molecule has 0 atom stereocenters. The molecule has 0 radical (unpaired) electrons. The SMILES string of the molecule is CC(C)N1CCCC1=O.COC(F)F. The molecule has 0 spiro atoms. The largest absolute Gasteiger partial charge is 0.345 e. The van der Waals surface area contributed by atoms with Gasteiger partial charge in [-0.15, -0.1) is 0 Å². The zero-order valence-electron chi connectivity index (χ0n) is 8.80. The number of rotatable bonds is 2. The predicted octanol–water partition coefficient (Wildman–Crippen LogP) is 1.87. The van der Waals surface area contributed by atoms with Crippen molar-refractivity contribution in [2.45, 2.75) is 39.3 Å². The highest BCUT2D eigenvalue weighted by molar-refractivity contribution is 5.78. The van der Waals surface area contributed by atoms with Gasteiger partial charge in [-0.05, 0) is 20.3 Å². The summed E-state index contributed by atoms with van der Waals surface area (Å²) in [5.74, 6) is 0.324. The van der Waals surface area contributed by atoms with Crippen molar-refractivity contribution in [3.05, 3.63) is 0 Å². The van der Waals surface area contributed by atoms with Crippen LogP contribution < -0.4 is 0 Å². The first kappa shape index (κ1) is 13.3. The fourth-order valence-electron chi connectivity index (χ4n) is 1.22. The van der Waals surface area contributed by atoms with Gasteiger partial charge in [-0.1, -0.05) is 0 Å². The van der Waals surface area contributed by atoms with E-state index in [0.29, 0.717) is 11.9 Å². The number of amides is 1. The summed E-state index contributed by atoms with van der Waals surface area (Å²) < 4.78 is 24.5. The predicted molar refractivity (Wildman–Crippen MR) is 49.1 cm³/mol. The fourth-order valence-corrected chi connectivity index (χ4v) is 1.22. The molecule has 0 aromatic carbocycles. The second-order valence-corrected chi connectivity index (χ2v) is 3.28. The number of halogens is 2. The van der Waals surface area contributed by atoms with E-state index in [4.69, 9.17) is 0 Å². The zero-order chi connectivity index (χ0) is 11.1. The third kappa shape index (κ3) is 5.11. The maximum Gasteiger partial charge on any atom is 0.345 e. The number of carbonyl (C=O) groups is 1. The molecule has 1 amide bonds. The Hall–Kier alpha value is -0.710. The molecule has 0 aromatic rings. The molecular formula is C9H17F2NO2. The summed E-state index contributed by atoms with van der Waals surface area (Å²) in [5.41, 5.74) is 0. The molecule has 1 heterocycles. The van der Waals surface area contributed by atoms with Crippen LogP contribution in [-0.4, -0.2) is 37.1 Å². The van der Waals surface area contributed by atoms with Gasteiger partial charge in [0.15, 0.2) is 0 Å². The molecule has 0 aliphatic carbocycles. The highest BCUT2D eigenvalue weighted by atomic mass is 19.3. The van der Waals surface area contributed by atoms with Crippen LogP contribution in [0.3, 0.4) is 0 Å². The highest BCUT2D eigenvalue weighted by Gasteiger charge is 2.21. The van der Waals surface area contributed by atoms with E-state index in [1.165, 1.54) is 0 Å². The first-order chi connectivity index (χ1) is 6.49. The number of hydrogen-bond acceptors (Lipinski definition) is 2. The van der Waals surface area contributed by atoms with E-state index >= 15 is 0 Å². The molecule has 0 saturated carbocycles. The number of likely N-dealkylation sites (tertiary alicyclic amines) is 1. The molecule has 0 N–H and O–H groups in total. The van der Waals surface area contributed by atoms with E-state index in [9.17, 15) is 13.6 Å². The third-order valence-electron chi connectivity index (χ3n) is 1.91. The van der Waals surface area contributed by atoms with Crippen LogP contribution in [0.2, 0.25) is 0 Å². The summed E-state index contributed by atoms with van der Waals surface area (Å²) >= 11 is 0. The number of methoxy groups -OCH3 is 1. The zero-order valence-corrected chi connectivity index (χ0v) is 8.80. The van der Waals surface area contributed by atoms with Crippen LogP contribution >= 0.6 is 0 Å². The maximum atomic E-state index is 10.9. The summed E-state index contributed by atoms with van der Waals surface area (Å²) in [6.45, 7) is 2.47. The van der Waals surface area contributed by atoms with Crippen LogP contribution in [0.15, 0.2) is 0 Å². The maximum absolute atomic E-state index is 10.9. The summed E-state index contributed by atoms with van der Waals surface area (Å²) in [6.07, 6.45) is 1.81. The molecule has 0 bridgehead atoms. The molecule has 1 aliphatic rings. The Morgan fingerprint density at radius 1 is 1.43 bits per heavy atom. The Labute approximate surface area is 83.0 Å². The van der Waals surface area contributed by atoms with Crippen molar-refractivity contribution in [3.8, 4) is 0 Å². The molecule has 14 heavy (non-hydrogen) atoms. The van der Waals surface area contributed by atoms with Gasteiger partial charge in [0, 0.05) is 26.1 Å². The van der Waals surface area contributed by atoms with Crippen LogP contribution in [0.5, 0.6) is 0 Å². The molecular weight excluding hydrogens is 192 g/mol. The van der Waals surface area contributed by atoms with Gasteiger partial charge in [0.2, 0.25) is 5.91 Å². The first-order valence-corrected chi connectivity index (χ1v) is 4.59. The van der Waals surface area contributed by atoms with Gasteiger partial charge in [0.05, 0.1) is 0 Å². The van der Waals surface area contributed by atoms with Crippen LogP contribution in [0, 0.1) is 0 Å². The molecule has 3 nitrogen and oxygen atoms in total.